The third-order valence-electron chi connectivity index (χ3n) is 9.24. The number of carbonyl (C=O) groups excluding carboxylic acids is 2. The zero-order chi connectivity index (χ0) is 38.2. The lowest BCUT2D eigenvalue weighted by molar-refractivity contribution is -0.191. The highest BCUT2D eigenvalue weighted by atomic mass is 32.2. The molecule has 2 atom stereocenters. The lowest BCUT2D eigenvalue weighted by Crippen LogP contribution is -2.39. The lowest BCUT2D eigenvalue weighted by Gasteiger charge is -2.33. The summed E-state index contributed by atoms with van der Waals surface area (Å²) in [6.07, 6.45) is 7.26. The highest BCUT2D eigenvalue weighted by Crippen LogP contribution is 2.35. The van der Waals surface area contributed by atoms with Gasteiger partial charge in [-0.2, -0.15) is 0 Å². The maximum atomic E-state index is 14.0. The van der Waals surface area contributed by atoms with Crippen LogP contribution >= 0.6 is 0 Å². The predicted molar refractivity (Wildman–Crippen MR) is 202 cm³/mol. The van der Waals surface area contributed by atoms with E-state index in [1.165, 1.54) is 6.20 Å². The zero-order valence-electron chi connectivity index (χ0n) is 31.4. The van der Waals surface area contributed by atoms with Crippen molar-refractivity contribution in [2.45, 2.75) is 127 Å². The second-order valence-corrected chi connectivity index (χ2v) is 17.8. The van der Waals surface area contributed by atoms with Gasteiger partial charge in [-0.3, -0.25) is 4.79 Å². The Kier molecular flexibility index (Phi) is 13.0. The Hall–Kier alpha value is -4.27. The summed E-state index contributed by atoms with van der Waals surface area (Å²) in [6.45, 7) is 9.93. The highest BCUT2D eigenvalue weighted by Gasteiger charge is 2.39. The number of ether oxygens (including phenoxy) is 4. The van der Waals surface area contributed by atoms with Gasteiger partial charge in [-0.25, -0.2) is 23.2 Å². The number of rotatable bonds is 4. The molecule has 13 nitrogen and oxygen atoms in total. The zero-order valence-corrected chi connectivity index (χ0v) is 32.2. The summed E-state index contributed by atoms with van der Waals surface area (Å²) >= 11 is 0. The summed E-state index contributed by atoms with van der Waals surface area (Å²) in [4.78, 5) is 35.1. The SMILES string of the molecule is CC(C)(C)OC(=O)NCc1cccc2c1OCCCCCCC(OC1CCCCO1)CC(C)(C)S(=O)(=O)c1ccc(cc1)-c1cnc(N)c(n1)C(=O)N2. The Morgan fingerprint density at radius 1 is 1.02 bits per heavy atom. The van der Waals surface area contributed by atoms with E-state index in [4.69, 9.17) is 24.7 Å². The molecule has 288 valence electrons. The summed E-state index contributed by atoms with van der Waals surface area (Å²) in [5, 5.41) is 5.64. The van der Waals surface area contributed by atoms with Crippen LogP contribution in [-0.4, -0.2) is 66.3 Å². The first-order chi connectivity index (χ1) is 25.1. The van der Waals surface area contributed by atoms with E-state index in [2.05, 4.69) is 20.6 Å². The number of anilines is 2. The fourth-order valence-corrected chi connectivity index (χ4v) is 7.93. The van der Waals surface area contributed by atoms with Crippen molar-refractivity contribution in [1.29, 1.82) is 0 Å². The normalized spacial score (nSPS) is 21.1. The third-order valence-corrected chi connectivity index (χ3v) is 11.8. The van der Waals surface area contributed by atoms with Crippen LogP contribution in [0.4, 0.5) is 16.3 Å². The number of nitrogens with two attached hydrogens (primary N) is 1. The lowest BCUT2D eigenvalue weighted by atomic mass is 9.99. The van der Waals surface area contributed by atoms with E-state index in [1.54, 1.807) is 71.0 Å². The van der Waals surface area contributed by atoms with Gasteiger partial charge >= 0.3 is 6.09 Å². The third kappa shape index (κ3) is 10.7. The number of alkyl carbamates (subject to hydrolysis) is 1. The first-order valence-corrected chi connectivity index (χ1v) is 19.9. The summed E-state index contributed by atoms with van der Waals surface area (Å²) < 4.78 is 51.0. The predicted octanol–water partition coefficient (Wildman–Crippen LogP) is 7.20. The van der Waals surface area contributed by atoms with Crippen LogP contribution in [0.25, 0.3) is 11.3 Å². The van der Waals surface area contributed by atoms with Gasteiger partial charge in [0.25, 0.3) is 5.91 Å². The van der Waals surface area contributed by atoms with E-state index in [-0.39, 0.29) is 35.3 Å². The molecule has 4 heterocycles. The van der Waals surface area contributed by atoms with Crippen LogP contribution in [0.15, 0.2) is 53.6 Å². The average molecular weight is 752 g/mol. The Balaban J connectivity index is 1.45. The van der Waals surface area contributed by atoms with Crippen molar-refractivity contribution in [2.24, 2.45) is 0 Å². The van der Waals surface area contributed by atoms with Gasteiger partial charge in [-0.15, -0.1) is 0 Å². The molecular formula is C39H53N5O8S. The molecule has 3 aliphatic heterocycles. The maximum absolute atomic E-state index is 14.0. The molecule has 3 aliphatic rings. The topological polar surface area (TPSA) is 181 Å². The number of nitrogens with zero attached hydrogens (tertiary/aromatic N) is 2. The maximum Gasteiger partial charge on any atom is 0.407 e. The van der Waals surface area contributed by atoms with Crippen LogP contribution in [0, 0.1) is 0 Å². The number of hydrogen-bond donors (Lipinski definition) is 3. The average Bonchev–Trinajstić information content (AvgIpc) is 3.10. The minimum atomic E-state index is -3.78. The van der Waals surface area contributed by atoms with Gasteiger partial charge < -0.3 is 35.3 Å². The number of sulfone groups is 1. The van der Waals surface area contributed by atoms with Gasteiger partial charge in [0.15, 0.2) is 27.6 Å². The fourth-order valence-electron chi connectivity index (χ4n) is 6.40. The van der Waals surface area contributed by atoms with Gasteiger partial charge in [-0.1, -0.05) is 43.5 Å². The molecule has 53 heavy (non-hydrogen) atoms. The molecule has 6 rings (SSSR count). The van der Waals surface area contributed by atoms with E-state index < -0.39 is 32.2 Å². The van der Waals surface area contributed by atoms with Crippen molar-refractivity contribution in [3.8, 4) is 17.0 Å². The monoisotopic (exact) mass is 751 g/mol. The smallest absolute Gasteiger partial charge is 0.407 e. The second kappa shape index (κ2) is 17.3. The summed E-state index contributed by atoms with van der Waals surface area (Å²) in [5.74, 6) is -0.290. The number of aromatic nitrogens is 2. The molecule has 1 aromatic heterocycles. The van der Waals surface area contributed by atoms with Crippen LogP contribution in [0.1, 0.15) is 108 Å². The first-order valence-electron chi connectivity index (χ1n) is 18.4. The number of para-hydroxylation sites is 1. The second-order valence-electron chi connectivity index (χ2n) is 15.2. The van der Waals surface area contributed by atoms with E-state index in [9.17, 15) is 18.0 Å². The Bertz CT molecular complexity index is 1840. The quantitative estimate of drug-likeness (QED) is 0.245. The number of nitrogens with one attached hydrogen (secondary N) is 2. The molecule has 0 saturated carbocycles. The molecule has 0 radical (unpaired) electrons. The van der Waals surface area contributed by atoms with Crippen LogP contribution in [0.5, 0.6) is 5.75 Å². The van der Waals surface area contributed by atoms with Crippen molar-refractivity contribution in [2.75, 3.05) is 24.3 Å². The highest BCUT2D eigenvalue weighted by molar-refractivity contribution is 7.92. The molecule has 0 aliphatic carbocycles. The van der Waals surface area contributed by atoms with Crippen LogP contribution < -0.4 is 21.1 Å². The molecule has 4 N–H and O–H groups in total. The number of fused-ring (bicyclic) bond motifs is 13. The van der Waals surface area contributed by atoms with E-state index in [1.807, 2.05) is 6.07 Å². The van der Waals surface area contributed by atoms with Crippen molar-refractivity contribution in [1.82, 2.24) is 15.3 Å². The molecule has 2 unspecified atom stereocenters. The molecule has 3 aromatic rings. The molecule has 14 heteroatoms. The first kappa shape index (κ1) is 39.9. The van der Waals surface area contributed by atoms with Gasteiger partial charge in [0.2, 0.25) is 0 Å². The fraction of sp³-hybridized carbons (Fsp3) is 0.538. The number of carbonyl (C=O) groups is 2. The van der Waals surface area contributed by atoms with Gasteiger partial charge in [0.05, 0.1) is 39.9 Å². The van der Waals surface area contributed by atoms with Crippen molar-refractivity contribution in [3.05, 3.63) is 59.9 Å². The van der Waals surface area contributed by atoms with Crippen molar-refractivity contribution < 1.29 is 37.0 Å². The van der Waals surface area contributed by atoms with Crippen molar-refractivity contribution in [3.63, 3.8) is 0 Å². The van der Waals surface area contributed by atoms with Gasteiger partial charge in [0, 0.05) is 24.3 Å². The Morgan fingerprint density at radius 2 is 1.74 bits per heavy atom. The standard InChI is InChI=1S/C39H53N5O8S/c1-38(2,3)52-37(46)42-24-27-13-12-15-30-34(27)50-22-10-7-6-8-14-28(51-32-16-9-11-21-49-32)23-39(4,5)53(47,48)29-19-17-26(18-20-29)31-25-41-35(40)33(43-31)36(45)44-30/h12-13,15,17-20,25,28,32H,6-11,14,16,21-24H2,1-5H3,(H2,40,41)(H,42,46)(H,44,45). The van der Waals surface area contributed by atoms with Crippen LogP contribution in [0.3, 0.4) is 0 Å². The van der Waals surface area contributed by atoms with Crippen LogP contribution in [0.2, 0.25) is 0 Å². The molecule has 2 aromatic carbocycles. The van der Waals surface area contributed by atoms with E-state index in [0.29, 0.717) is 60.7 Å². The summed E-state index contributed by atoms with van der Waals surface area (Å²) in [6, 6.07) is 11.7. The Labute approximate surface area is 312 Å². The number of amides is 2. The molecular weight excluding hydrogens is 699 g/mol. The number of hydrogen-bond acceptors (Lipinski definition) is 11. The summed E-state index contributed by atoms with van der Waals surface area (Å²) in [7, 11) is -3.78. The molecule has 0 spiro atoms. The number of nitrogen functional groups attached to an aromatic ring is 1. The minimum absolute atomic E-state index is 0.0812. The molecule has 1 fully saturated rings. The van der Waals surface area contributed by atoms with E-state index in [0.717, 1.165) is 38.5 Å². The van der Waals surface area contributed by atoms with Crippen molar-refractivity contribution >= 4 is 33.3 Å². The molecule has 4 bridgehead atoms. The summed E-state index contributed by atoms with van der Waals surface area (Å²) in [5.41, 5.74) is 7.26. The Morgan fingerprint density at radius 3 is 2.45 bits per heavy atom. The molecule has 2 amide bonds. The van der Waals surface area contributed by atoms with Gasteiger partial charge in [0.1, 0.15) is 11.4 Å². The molecule has 1 saturated heterocycles. The van der Waals surface area contributed by atoms with Crippen LogP contribution in [-0.2, 0) is 30.6 Å². The largest absolute Gasteiger partial charge is 0.491 e. The van der Waals surface area contributed by atoms with E-state index >= 15 is 0 Å². The number of benzene rings is 2. The minimum Gasteiger partial charge on any atom is -0.491 e. The van der Waals surface area contributed by atoms with Gasteiger partial charge in [-0.05, 0) is 91.3 Å².